The third-order valence-electron chi connectivity index (χ3n) is 6.22. The van der Waals surface area contributed by atoms with Crippen molar-refractivity contribution in [3.8, 4) is 0 Å². The molecular weight excluding hydrogens is 347 g/mol. The van der Waals surface area contributed by atoms with Crippen LogP contribution in [0.15, 0.2) is 0 Å². The summed E-state index contributed by atoms with van der Waals surface area (Å²) < 4.78 is 0. The fourth-order valence-corrected chi connectivity index (χ4v) is 4.88. The Labute approximate surface area is 225 Å². The van der Waals surface area contributed by atoms with Crippen LogP contribution in [0.4, 0.5) is 0 Å². The van der Waals surface area contributed by atoms with Gasteiger partial charge >= 0.3 is 0 Å². The van der Waals surface area contributed by atoms with Crippen LogP contribution in [0.25, 0.3) is 0 Å². The van der Waals surface area contributed by atoms with Gasteiger partial charge < -0.3 is 0 Å². The minimum absolute atomic E-state index is 0.895. The Morgan fingerprint density at radius 1 is 0.281 bits per heavy atom. The molecule has 0 fully saturated rings. The maximum Gasteiger partial charge on any atom is 0.0294 e. The average molecular weight is 348 g/mol. The van der Waals surface area contributed by atoms with E-state index in [1.165, 1.54) is 0 Å². The van der Waals surface area contributed by atoms with E-state index >= 15 is 0 Å². The molecule has 31 heteroatoms. The van der Waals surface area contributed by atoms with Gasteiger partial charge in [-0.05, 0) is 0 Å². The predicted octanol–water partition coefficient (Wildman–Crippen LogP) is -11.5. The molecule has 0 aliphatic carbocycles. The standard InChI is InChI=1S/CHB31/c2-22(3)19(23(4)5)1(20(24(6)7)30(18)25(8)9)21(31(26(10)11)27(12)13)32(28(14)15)29(16)17/h1H. The van der Waals surface area contributed by atoms with Crippen molar-refractivity contribution >= 4 is 221 Å². The molecule has 34 radical (unpaired) electrons. The van der Waals surface area contributed by atoms with Gasteiger partial charge in [0.05, 0.1) is 0 Å². The van der Waals surface area contributed by atoms with Gasteiger partial charge in [-0.3, -0.25) is 0 Å². The average Bonchev–Trinajstić information content (AvgIpc) is 2.57. The van der Waals surface area contributed by atoms with Crippen molar-refractivity contribution in [3.05, 3.63) is 0 Å². The fourth-order valence-electron chi connectivity index (χ4n) is 4.88. The van der Waals surface area contributed by atoms with E-state index in [4.69, 9.17) is 132 Å². The van der Waals surface area contributed by atoms with Crippen LogP contribution in [0.3, 0.4) is 0 Å². The minimum Gasteiger partial charge on any atom is -0.146 e. The van der Waals surface area contributed by atoms with Crippen molar-refractivity contribution in [1.82, 2.24) is 0 Å². The number of rotatable bonds is 14. The highest BCUT2D eigenvalue weighted by Gasteiger charge is 2.52. The lowest BCUT2D eigenvalue weighted by Gasteiger charge is -2.52. The molecule has 0 saturated heterocycles. The van der Waals surface area contributed by atoms with Crippen LogP contribution >= 0.6 is 0 Å². The first-order chi connectivity index (χ1) is 14.5. The van der Waals surface area contributed by atoms with E-state index in [0.717, 1.165) is 0 Å². The maximum atomic E-state index is 6.32. The normalized spacial score (nSPS) is 10.6. The molecule has 0 aliphatic heterocycles. The van der Waals surface area contributed by atoms with Gasteiger partial charge in [0, 0.05) is 221 Å². The lowest BCUT2D eigenvalue weighted by Crippen LogP contribution is -2.82. The smallest absolute Gasteiger partial charge is 0.0294 e. The van der Waals surface area contributed by atoms with Gasteiger partial charge in [0.25, 0.3) is 0 Å². The van der Waals surface area contributed by atoms with E-state index in [1.54, 1.807) is 0 Å². The summed E-state index contributed by atoms with van der Waals surface area (Å²) in [7, 11) is 103. The summed E-state index contributed by atoms with van der Waals surface area (Å²) in [6, 6.07) is 0. The number of hydrogen-bond acceptors (Lipinski definition) is 0. The van der Waals surface area contributed by atoms with E-state index in [-0.39, 0.29) is 0 Å². The molecule has 0 aromatic carbocycles. The third kappa shape index (κ3) is 9.15. The topological polar surface area (TPSA) is 0 Å². The monoisotopic (exact) mass is 354 g/mol. The Hall–Kier alpha value is 2.01. The lowest BCUT2D eigenvalue weighted by atomic mass is 8.42. The number of hydrogen-bond donors (Lipinski definition) is 0. The Morgan fingerprint density at radius 2 is 0.562 bits per heavy atom. The van der Waals surface area contributed by atoms with Crippen molar-refractivity contribution in [2.75, 3.05) is 0 Å². The van der Waals surface area contributed by atoms with E-state index in [0.29, 0.717) is 0 Å². The fraction of sp³-hybridized carbons (Fsp3) is 1.00. The Balaban J connectivity index is 7.33. The first-order valence-electron chi connectivity index (χ1n) is 10.3. The molecule has 0 aromatic rings. The first-order valence-corrected chi connectivity index (χ1v) is 10.3. The molecule has 0 N–H and O–H groups in total. The lowest BCUT2D eigenvalue weighted by molar-refractivity contribution is 1.80. The van der Waals surface area contributed by atoms with Crippen molar-refractivity contribution in [1.29, 1.82) is 0 Å². The largest absolute Gasteiger partial charge is 0.146 e. The van der Waals surface area contributed by atoms with Crippen LogP contribution < -0.4 is 0 Å². The molecule has 0 bridgehead atoms. The second-order valence-electron chi connectivity index (χ2n) is 8.66. The molecule has 0 aliphatic rings. The molecule has 0 heterocycles. The molecule has 0 spiro atoms. The van der Waals surface area contributed by atoms with E-state index in [2.05, 4.69) is 0 Å². The van der Waals surface area contributed by atoms with Crippen LogP contribution in [0.1, 0.15) is 0 Å². The molecule has 32 heavy (non-hydrogen) atoms. The summed E-state index contributed by atoms with van der Waals surface area (Å²) in [6.07, 6.45) is -11.6. The van der Waals surface area contributed by atoms with E-state index in [9.17, 15) is 0 Å². The zero-order valence-electron chi connectivity index (χ0n) is 18.5. The quantitative estimate of drug-likeness (QED) is 0.274. The molecule has 1 atom stereocenters. The van der Waals surface area contributed by atoms with Crippen molar-refractivity contribution in [3.63, 3.8) is 0 Å². The molecule has 0 aromatic heterocycles. The molecule has 0 amide bonds. The first kappa shape index (κ1) is 34.0. The molecular formula is CHB31. The second kappa shape index (κ2) is 15.3. The summed E-state index contributed by atoms with van der Waals surface area (Å²) in [4.78, 5) is 0. The SMILES string of the molecule is [B]B([B])B([B])B(B([B])[B])C(B(B([B])[B])B([B])[B])B(B(B([B])[B])B([B])[B])B(B([B])[B])B([B])[B]. The molecule has 0 rings (SSSR count). The van der Waals surface area contributed by atoms with Gasteiger partial charge in [-0.2, -0.15) is 0 Å². The van der Waals surface area contributed by atoms with Gasteiger partial charge in [0.1, 0.15) is 0 Å². The third-order valence-corrected chi connectivity index (χ3v) is 6.22. The van der Waals surface area contributed by atoms with E-state index in [1.807, 2.05) is 0 Å². The van der Waals surface area contributed by atoms with Crippen LogP contribution in [-0.4, -0.2) is 221 Å². The Bertz CT molecular complexity index is 441. The van der Waals surface area contributed by atoms with Crippen LogP contribution in [0.2, 0.25) is 5.62 Å². The van der Waals surface area contributed by atoms with Crippen molar-refractivity contribution < 1.29 is 0 Å². The van der Waals surface area contributed by atoms with E-state index < -0.39 is 95.3 Å². The highest BCUT2D eigenvalue weighted by molar-refractivity contribution is 8.11. The summed E-state index contributed by atoms with van der Waals surface area (Å²) >= 11 is 0. The van der Waals surface area contributed by atoms with Gasteiger partial charge in [-0.25, -0.2) is 0 Å². The highest BCUT2D eigenvalue weighted by Crippen LogP contribution is 2.27. The molecule has 1 unspecified atom stereocenters. The Morgan fingerprint density at radius 3 is 0.750 bits per heavy atom. The maximum absolute atomic E-state index is 6.32. The van der Waals surface area contributed by atoms with Crippen LogP contribution in [0, 0.1) is 0 Å². The Kier molecular flexibility index (Phi) is 16.3. The second-order valence-corrected chi connectivity index (χ2v) is 8.66. The van der Waals surface area contributed by atoms with Crippen LogP contribution in [0.5, 0.6) is 0 Å². The van der Waals surface area contributed by atoms with Gasteiger partial charge in [-0.15, -0.1) is 5.62 Å². The van der Waals surface area contributed by atoms with Crippen LogP contribution in [-0.2, 0) is 0 Å². The van der Waals surface area contributed by atoms with Crippen molar-refractivity contribution in [2.24, 2.45) is 0 Å². The summed E-state index contributed by atoms with van der Waals surface area (Å²) in [5, 5.41) is 0. The zero-order chi connectivity index (χ0) is 25.7. The molecule has 98 valence electrons. The molecule has 0 nitrogen and oxygen atoms in total. The summed E-state index contributed by atoms with van der Waals surface area (Å²) in [6.45, 7) is -2.72. The highest BCUT2D eigenvalue weighted by atomic mass is 13.7. The van der Waals surface area contributed by atoms with Gasteiger partial charge in [-0.1, -0.05) is 0 Å². The zero-order valence-corrected chi connectivity index (χ0v) is 18.5. The predicted molar refractivity (Wildman–Crippen MR) is 182 cm³/mol. The summed E-state index contributed by atoms with van der Waals surface area (Å²) in [5.41, 5.74) is -0.900. The molecule has 0 saturated carbocycles. The minimum atomic E-state index is -1.11. The summed E-state index contributed by atoms with van der Waals surface area (Å²) in [5.74, 6) is 0. The van der Waals surface area contributed by atoms with Gasteiger partial charge in [0.2, 0.25) is 0 Å². The van der Waals surface area contributed by atoms with Crippen molar-refractivity contribution in [2.45, 2.75) is 5.62 Å². The van der Waals surface area contributed by atoms with Gasteiger partial charge in [0.15, 0.2) is 0 Å².